The van der Waals surface area contributed by atoms with Crippen LogP contribution in [0.1, 0.15) is 15.9 Å². The number of rotatable bonds is 4. The first-order valence-electron chi connectivity index (χ1n) is 7.58. The van der Waals surface area contributed by atoms with Crippen LogP contribution in [0.5, 0.6) is 0 Å². The van der Waals surface area contributed by atoms with E-state index in [2.05, 4.69) is 34.5 Å². The second-order valence-corrected chi connectivity index (χ2v) is 5.60. The van der Waals surface area contributed by atoms with Crippen LogP contribution in [0, 0.1) is 0 Å². The van der Waals surface area contributed by atoms with Crippen molar-refractivity contribution in [1.29, 1.82) is 0 Å². The molecule has 0 radical (unpaired) electrons. The highest BCUT2D eigenvalue weighted by Crippen LogP contribution is 2.22. The summed E-state index contributed by atoms with van der Waals surface area (Å²) in [6.07, 6.45) is 0.950. The van der Waals surface area contributed by atoms with Crippen molar-refractivity contribution in [3.8, 4) is 0 Å². The largest absolute Gasteiger partial charge is 0.478 e. The maximum Gasteiger partial charge on any atom is 0.335 e. The summed E-state index contributed by atoms with van der Waals surface area (Å²) in [5, 5.41) is 12.6. The van der Waals surface area contributed by atoms with Gasteiger partial charge in [0.25, 0.3) is 0 Å². The average molecular weight is 296 g/mol. The van der Waals surface area contributed by atoms with E-state index in [1.807, 2.05) is 18.2 Å². The van der Waals surface area contributed by atoms with E-state index < -0.39 is 5.97 Å². The van der Waals surface area contributed by atoms with Crippen molar-refractivity contribution in [2.24, 2.45) is 0 Å². The highest BCUT2D eigenvalue weighted by Gasteiger charge is 2.23. The van der Waals surface area contributed by atoms with Gasteiger partial charge in [-0.3, -0.25) is 0 Å². The molecule has 0 aromatic heterocycles. The van der Waals surface area contributed by atoms with E-state index >= 15 is 0 Å². The standard InChI is InChI=1S/C18H20N2O2/c21-18(22)15-7-4-8-16(12-15)20-10-9-19-13-17(20)11-14-5-2-1-3-6-14/h1-8,12,17,19H,9-11,13H2,(H,21,22)/t17-/m0/s1. The van der Waals surface area contributed by atoms with E-state index in [9.17, 15) is 9.90 Å². The number of piperazine rings is 1. The summed E-state index contributed by atoms with van der Waals surface area (Å²) < 4.78 is 0. The monoisotopic (exact) mass is 296 g/mol. The molecular formula is C18H20N2O2. The molecule has 0 amide bonds. The summed E-state index contributed by atoms with van der Waals surface area (Å²) in [6.45, 7) is 2.72. The van der Waals surface area contributed by atoms with Crippen LogP contribution in [0.2, 0.25) is 0 Å². The zero-order valence-corrected chi connectivity index (χ0v) is 12.4. The van der Waals surface area contributed by atoms with Gasteiger partial charge < -0.3 is 15.3 Å². The first-order chi connectivity index (χ1) is 10.7. The van der Waals surface area contributed by atoms with E-state index in [1.165, 1.54) is 5.56 Å². The Balaban J connectivity index is 1.83. The maximum absolute atomic E-state index is 11.2. The fourth-order valence-electron chi connectivity index (χ4n) is 2.99. The first kappa shape index (κ1) is 14.6. The van der Waals surface area contributed by atoms with Gasteiger partial charge in [0.2, 0.25) is 0 Å². The van der Waals surface area contributed by atoms with Crippen molar-refractivity contribution in [3.63, 3.8) is 0 Å². The molecule has 3 rings (SSSR count). The van der Waals surface area contributed by atoms with Crippen molar-refractivity contribution < 1.29 is 9.90 Å². The predicted molar refractivity (Wildman–Crippen MR) is 87.6 cm³/mol. The number of carboxylic acid groups (broad SMARTS) is 1. The summed E-state index contributed by atoms with van der Waals surface area (Å²) >= 11 is 0. The van der Waals surface area contributed by atoms with E-state index in [4.69, 9.17) is 0 Å². The molecule has 114 valence electrons. The smallest absolute Gasteiger partial charge is 0.335 e. The Morgan fingerprint density at radius 2 is 2.00 bits per heavy atom. The Morgan fingerprint density at radius 1 is 1.18 bits per heavy atom. The van der Waals surface area contributed by atoms with E-state index in [1.54, 1.807) is 12.1 Å². The number of nitrogens with zero attached hydrogens (tertiary/aromatic N) is 1. The maximum atomic E-state index is 11.2. The summed E-state index contributed by atoms with van der Waals surface area (Å²) in [6, 6.07) is 18.0. The van der Waals surface area contributed by atoms with Crippen LogP contribution in [0.4, 0.5) is 5.69 Å². The Morgan fingerprint density at radius 3 is 2.77 bits per heavy atom. The third-order valence-electron chi connectivity index (χ3n) is 4.09. The molecule has 0 bridgehead atoms. The summed E-state index contributed by atoms with van der Waals surface area (Å²) in [5.41, 5.74) is 2.63. The molecule has 22 heavy (non-hydrogen) atoms. The fourth-order valence-corrected chi connectivity index (χ4v) is 2.99. The molecule has 0 aliphatic carbocycles. The quantitative estimate of drug-likeness (QED) is 0.910. The van der Waals surface area contributed by atoms with Crippen molar-refractivity contribution in [2.75, 3.05) is 24.5 Å². The van der Waals surface area contributed by atoms with Gasteiger partial charge >= 0.3 is 5.97 Å². The number of carbonyl (C=O) groups is 1. The normalized spacial score (nSPS) is 18.2. The average Bonchev–Trinajstić information content (AvgIpc) is 2.56. The number of benzene rings is 2. The Kier molecular flexibility index (Phi) is 4.39. The van der Waals surface area contributed by atoms with E-state index in [-0.39, 0.29) is 0 Å². The molecule has 1 heterocycles. The van der Waals surface area contributed by atoms with Gasteiger partial charge in [0.05, 0.1) is 5.56 Å². The molecule has 0 unspecified atom stereocenters. The van der Waals surface area contributed by atoms with Crippen LogP contribution in [0.15, 0.2) is 54.6 Å². The molecule has 1 atom stereocenters. The Labute approximate surface area is 130 Å². The van der Waals surface area contributed by atoms with Crippen LogP contribution in [-0.2, 0) is 6.42 Å². The lowest BCUT2D eigenvalue weighted by atomic mass is 10.0. The van der Waals surface area contributed by atoms with Gasteiger partial charge in [-0.2, -0.15) is 0 Å². The molecule has 0 saturated carbocycles. The number of hydrogen-bond donors (Lipinski definition) is 2. The number of anilines is 1. The SMILES string of the molecule is O=C(O)c1cccc(N2CCNC[C@@H]2Cc2ccccc2)c1. The Hall–Kier alpha value is -2.33. The van der Waals surface area contributed by atoms with Crippen molar-refractivity contribution in [1.82, 2.24) is 5.32 Å². The summed E-state index contributed by atoms with van der Waals surface area (Å²) in [4.78, 5) is 13.5. The molecule has 0 spiro atoms. The Bertz CT molecular complexity index is 643. The minimum absolute atomic E-state index is 0.334. The second kappa shape index (κ2) is 6.62. The highest BCUT2D eigenvalue weighted by atomic mass is 16.4. The molecular weight excluding hydrogens is 276 g/mol. The second-order valence-electron chi connectivity index (χ2n) is 5.60. The van der Waals surface area contributed by atoms with Crippen LogP contribution >= 0.6 is 0 Å². The van der Waals surface area contributed by atoms with Gasteiger partial charge in [0, 0.05) is 31.4 Å². The lowest BCUT2D eigenvalue weighted by molar-refractivity contribution is 0.0697. The van der Waals surface area contributed by atoms with Gasteiger partial charge in [0.1, 0.15) is 0 Å². The molecule has 1 saturated heterocycles. The minimum atomic E-state index is -0.878. The zero-order chi connectivity index (χ0) is 15.4. The van der Waals surface area contributed by atoms with Crippen LogP contribution < -0.4 is 10.2 Å². The number of hydrogen-bond acceptors (Lipinski definition) is 3. The number of nitrogens with one attached hydrogen (secondary N) is 1. The van der Waals surface area contributed by atoms with Crippen molar-refractivity contribution in [3.05, 3.63) is 65.7 Å². The molecule has 2 aromatic carbocycles. The van der Waals surface area contributed by atoms with Gasteiger partial charge in [-0.1, -0.05) is 36.4 Å². The minimum Gasteiger partial charge on any atom is -0.478 e. The van der Waals surface area contributed by atoms with Gasteiger partial charge in [0.15, 0.2) is 0 Å². The molecule has 4 heteroatoms. The molecule has 2 N–H and O–H groups in total. The fraction of sp³-hybridized carbons (Fsp3) is 0.278. The third kappa shape index (κ3) is 3.28. The van der Waals surface area contributed by atoms with Gasteiger partial charge in [-0.25, -0.2) is 4.79 Å². The number of aromatic carboxylic acids is 1. The lowest BCUT2D eigenvalue weighted by Crippen LogP contribution is -2.52. The van der Waals surface area contributed by atoms with Crippen LogP contribution in [0.3, 0.4) is 0 Å². The van der Waals surface area contributed by atoms with E-state index in [0.717, 1.165) is 31.7 Å². The number of carboxylic acids is 1. The highest BCUT2D eigenvalue weighted by molar-refractivity contribution is 5.88. The zero-order valence-electron chi connectivity index (χ0n) is 12.4. The van der Waals surface area contributed by atoms with Crippen molar-refractivity contribution in [2.45, 2.75) is 12.5 Å². The van der Waals surface area contributed by atoms with E-state index in [0.29, 0.717) is 11.6 Å². The first-order valence-corrected chi connectivity index (χ1v) is 7.58. The lowest BCUT2D eigenvalue weighted by Gasteiger charge is -2.38. The van der Waals surface area contributed by atoms with Crippen LogP contribution in [-0.4, -0.2) is 36.8 Å². The van der Waals surface area contributed by atoms with Crippen LogP contribution in [0.25, 0.3) is 0 Å². The molecule has 1 aliphatic heterocycles. The molecule has 4 nitrogen and oxygen atoms in total. The molecule has 1 aliphatic rings. The molecule has 2 aromatic rings. The van der Waals surface area contributed by atoms with Gasteiger partial charge in [-0.15, -0.1) is 0 Å². The predicted octanol–water partition coefficient (Wildman–Crippen LogP) is 2.41. The summed E-state index contributed by atoms with van der Waals surface area (Å²) in [7, 11) is 0. The topological polar surface area (TPSA) is 52.6 Å². The van der Waals surface area contributed by atoms with Crippen molar-refractivity contribution >= 4 is 11.7 Å². The molecule has 1 fully saturated rings. The van der Waals surface area contributed by atoms with Gasteiger partial charge in [-0.05, 0) is 30.2 Å². The third-order valence-corrected chi connectivity index (χ3v) is 4.09. The summed E-state index contributed by atoms with van der Waals surface area (Å²) in [5.74, 6) is -0.878.